The van der Waals surface area contributed by atoms with E-state index < -0.39 is 24.6 Å². The van der Waals surface area contributed by atoms with Crippen molar-refractivity contribution in [1.29, 1.82) is 0 Å². The first-order chi connectivity index (χ1) is 16.8. The number of likely N-dealkylation sites (N-methyl/N-ethyl adjacent to an activating group) is 1. The maximum absolute atomic E-state index is 12.9. The van der Waals surface area contributed by atoms with Crippen molar-refractivity contribution in [3.05, 3.63) is 34.7 Å². The molecule has 3 unspecified atom stereocenters. The molecule has 0 bridgehead atoms. The van der Waals surface area contributed by atoms with E-state index in [0.29, 0.717) is 24.3 Å². The normalized spacial score (nSPS) is 15.6. The van der Waals surface area contributed by atoms with Crippen molar-refractivity contribution >= 4 is 31.1 Å². The number of azide groups is 1. The van der Waals surface area contributed by atoms with Gasteiger partial charge in [-0.1, -0.05) is 38.0 Å². The molecule has 1 rings (SSSR count). The molecular formula is C23H38N5O7P. The van der Waals surface area contributed by atoms with Gasteiger partial charge in [-0.05, 0) is 44.4 Å². The molecule has 1 aromatic rings. The summed E-state index contributed by atoms with van der Waals surface area (Å²) in [6.45, 7) is 9.67. The van der Waals surface area contributed by atoms with E-state index in [9.17, 15) is 19.0 Å². The number of nitrogens with one attached hydrogen (secondary N) is 2. The molecule has 0 aliphatic carbocycles. The lowest BCUT2D eigenvalue weighted by molar-refractivity contribution is -0.877. The van der Waals surface area contributed by atoms with Gasteiger partial charge in [0.2, 0.25) is 5.91 Å². The molecule has 0 saturated heterocycles. The topological polar surface area (TPSA) is 167 Å². The highest BCUT2D eigenvalue weighted by Gasteiger charge is 2.42. The lowest BCUT2D eigenvalue weighted by Gasteiger charge is -2.34. The fraction of sp³-hybridized carbons (Fsp3) is 0.652. The van der Waals surface area contributed by atoms with Crippen molar-refractivity contribution in [2.45, 2.75) is 47.5 Å². The van der Waals surface area contributed by atoms with Crippen LogP contribution in [0.1, 0.15) is 47.5 Å². The summed E-state index contributed by atoms with van der Waals surface area (Å²) in [6, 6.07) is 6.39. The molecule has 0 radical (unpaired) electrons. The highest BCUT2D eigenvalue weighted by atomic mass is 31.2. The first kappa shape index (κ1) is 31.6. The fourth-order valence-electron chi connectivity index (χ4n) is 3.36. The van der Waals surface area contributed by atoms with Crippen LogP contribution in [0.4, 0.5) is 11.4 Å². The van der Waals surface area contributed by atoms with Crippen LogP contribution in [0.2, 0.25) is 0 Å². The molecule has 202 valence electrons. The maximum atomic E-state index is 12.9. The monoisotopic (exact) mass is 527 g/mol. The van der Waals surface area contributed by atoms with E-state index in [4.69, 9.17) is 19.3 Å². The van der Waals surface area contributed by atoms with Crippen LogP contribution in [0.3, 0.4) is 0 Å². The largest absolute Gasteiger partial charge is 0.756 e. The molecule has 13 heteroatoms. The minimum atomic E-state index is -4.49. The predicted molar refractivity (Wildman–Crippen MR) is 133 cm³/mol. The van der Waals surface area contributed by atoms with Gasteiger partial charge in [0.05, 0.1) is 25.6 Å². The number of ether oxygens (including phenoxy) is 1. The highest BCUT2D eigenvalue weighted by Crippen LogP contribution is 2.39. The minimum Gasteiger partial charge on any atom is -0.756 e. The molecule has 36 heavy (non-hydrogen) atoms. The van der Waals surface area contributed by atoms with Crippen molar-refractivity contribution in [2.75, 3.05) is 45.3 Å². The maximum Gasteiger partial charge on any atom is 0.311 e. The van der Waals surface area contributed by atoms with Crippen LogP contribution < -0.4 is 15.1 Å². The average Bonchev–Trinajstić information content (AvgIpc) is 2.82. The predicted octanol–water partition coefficient (Wildman–Crippen LogP) is 2.98. The van der Waals surface area contributed by atoms with Gasteiger partial charge in [0.15, 0.2) is 0 Å². The Labute approximate surface area is 212 Å². The molecule has 12 nitrogen and oxygen atoms in total. The summed E-state index contributed by atoms with van der Waals surface area (Å²) in [5.41, 5.74) is 7.51. The van der Waals surface area contributed by atoms with E-state index in [0.717, 1.165) is 11.4 Å². The highest BCUT2D eigenvalue weighted by molar-refractivity contribution is 7.45. The fourth-order valence-corrected chi connectivity index (χ4v) is 4.05. The summed E-state index contributed by atoms with van der Waals surface area (Å²) in [7, 11) is -2.57. The van der Waals surface area contributed by atoms with Crippen molar-refractivity contribution < 1.29 is 37.7 Å². The van der Waals surface area contributed by atoms with Gasteiger partial charge in [-0.2, -0.15) is 0 Å². The number of carbonyl (C=O) groups is 2. The van der Waals surface area contributed by atoms with Crippen LogP contribution in [-0.2, 0) is 27.9 Å². The Kier molecular flexibility index (Phi) is 12.6. The molecule has 0 spiro atoms. The molecule has 0 saturated carbocycles. The number of nitrogens with zero attached hydrogens (tertiary/aromatic N) is 3. The molecule has 0 aliphatic heterocycles. The minimum absolute atomic E-state index is 0.00321. The van der Waals surface area contributed by atoms with Gasteiger partial charge in [-0.25, -0.2) is 0 Å². The first-order valence-electron chi connectivity index (χ1n) is 11.8. The van der Waals surface area contributed by atoms with Crippen molar-refractivity contribution in [3.8, 4) is 0 Å². The van der Waals surface area contributed by atoms with Crippen LogP contribution in [0.15, 0.2) is 29.4 Å². The number of rotatable bonds is 16. The number of hydrogen-bond donors (Lipinski definition) is 2. The standard InChI is InChI=1S/C23H38N5O7P/c1-7-23(5,21(30)33-15-16-35-36(31,32)34-14-13-28(6)8-2)17-22(3,4)20(29)25-18-9-11-19(12-10-18)26-27-24/h9-12H,7-8,13-17H2,1-6H3,(H,25,29)(H,31,32). The number of hydrogen-bond acceptors (Lipinski definition) is 8. The van der Waals surface area contributed by atoms with E-state index in [2.05, 4.69) is 15.3 Å². The van der Waals surface area contributed by atoms with Gasteiger partial charge in [0, 0.05) is 21.7 Å². The third-order valence-corrected chi connectivity index (χ3v) is 6.95. The Bertz CT molecular complexity index is 966. The zero-order valence-electron chi connectivity index (χ0n) is 21.9. The number of anilines is 1. The SMILES string of the molecule is CC[NH+](C)CCOP(=O)([O-])OCCOC(=O)C(C)(CC)CC(C)(C)C(=O)Nc1ccc(N=[N+]=[N-])cc1. The van der Waals surface area contributed by atoms with Gasteiger partial charge in [0.1, 0.15) is 19.8 Å². The third-order valence-electron chi connectivity index (χ3n) is 5.95. The van der Waals surface area contributed by atoms with E-state index in [1.807, 2.05) is 20.9 Å². The molecule has 0 heterocycles. The van der Waals surface area contributed by atoms with E-state index in [1.165, 1.54) is 0 Å². The molecule has 1 aromatic carbocycles. The van der Waals surface area contributed by atoms with Crippen molar-refractivity contribution in [3.63, 3.8) is 0 Å². The van der Waals surface area contributed by atoms with Crippen LogP contribution in [0, 0.1) is 10.8 Å². The Morgan fingerprint density at radius 2 is 1.75 bits per heavy atom. The molecule has 0 aliphatic rings. The third kappa shape index (κ3) is 10.7. The van der Waals surface area contributed by atoms with Crippen LogP contribution >= 0.6 is 7.82 Å². The van der Waals surface area contributed by atoms with E-state index in [1.54, 1.807) is 45.0 Å². The van der Waals surface area contributed by atoms with E-state index in [-0.39, 0.29) is 32.1 Å². The Morgan fingerprint density at radius 3 is 2.31 bits per heavy atom. The number of esters is 1. The number of carbonyl (C=O) groups excluding carboxylic acids is 2. The molecule has 2 N–H and O–H groups in total. The molecule has 0 fully saturated rings. The lowest BCUT2D eigenvalue weighted by Crippen LogP contribution is -3.09. The summed E-state index contributed by atoms with van der Waals surface area (Å²) in [4.78, 5) is 41.4. The Morgan fingerprint density at radius 1 is 1.14 bits per heavy atom. The second kappa shape index (κ2) is 14.3. The summed E-state index contributed by atoms with van der Waals surface area (Å²) < 4.78 is 26.7. The first-order valence-corrected chi connectivity index (χ1v) is 13.3. The smallest absolute Gasteiger partial charge is 0.311 e. The van der Waals surface area contributed by atoms with Crippen LogP contribution in [0.5, 0.6) is 0 Å². The zero-order valence-corrected chi connectivity index (χ0v) is 22.8. The number of benzene rings is 1. The van der Waals surface area contributed by atoms with Crippen LogP contribution in [-0.4, -0.2) is 51.8 Å². The van der Waals surface area contributed by atoms with Crippen LogP contribution in [0.25, 0.3) is 10.4 Å². The molecular weight excluding hydrogens is 489 g/mol. The second-order valence-corrected chi connectivity index (χ2v) is 10.9. The molecule has 1 amide bonds. The van der Waals surface area contributed by atoms with Gasteiger partial charge in [0.25, 0.3) is 7.82 Å². The summed E-state index contributed by atoms with van der Waals surface area (Å²) in [6.07, 6.45) is 0.593. The number of quaternary nitrogens is 1. The quantitative estimate of drug-likeness (QED) is 0.0832. The summed E-state index contributed by atoms with van der Waals surface area (Å²) in [5, 5.41) is 6.29. The lowest BCUT2D eigenvalue weighted by atomic mass is 9.72. The Balaban J connectivity index is 2.62. The molecule has 0 aromatic heterocycles. The van der Waals surface area contributed by atoms with E-state index >= 15 is 0 Å². The van der Waals surface area contributed by atoms with Gasteiger partial charge < -0.3 is 28.9 Å². The number of phosphoric acid groups is 1. The summed E-state index contributed by atoms with van der Waals surface area (Å²) >= 11 is 0. The van der Waals surface area contributed by atoms with Crippen molar-refractivity contribution in [1.82, 2.24) is 0 Å². The summed E-state index contributed by atoms with van der Waals surface area (Å²) in [5.74, 6) is -0.849. The zero-order chi connectivity index (χ0) is 27.4. The van der Waals surface area contributed by atoms with Crippen molar-refractivity contribution in [2.24, 2.45) is 15.9 Å². The average molecular weight is 528 g/mol. The van der Waals surface area contributed by atoms with Gasteiger partial charge in [-0.3, -0.25) is 14.2 Å². The molecule has 3 atom stereocenters. The van der Waals surface area contributed by atoms with Gasteiger partial charge >= 0.3 is 5.97 Å². The number of phosphoric ester groups is 1. The second-order valence-electron chi connectivity index (χ2n) is 9.48. The number of amides is 1. The Hall–Kier alpha value is -2.46. The van der Waals surface area contributed by atoms with Gasteiger partial charge in [-0.15, -0.1) is 0 Å².